The molecule has 1 aliphatic rings. The first kappa shape index (κ1) is 16.6. The summed E-state index contributed by atoms with van der Waals surface area (Å²) >= 11 is 3.17. The molecule has 0 spiro atoms. The van der Waals surface area contributed by atoms with Gasteiger partial charge >= 0.3 is 5.97 Å². The van der Waals surface area contributed by atoms with Crippen molar-refractivity contribution >= 4 is 27.8 Å². The fraction of sp³-hybridized carbons (Fsp3) is 0.222. The third-order valence-electron chi connectivity index (χ3n) is 3.96. The van der Waals surface area contributed by atoms with Crippen molar-refractivity contribution in [3.05, 3.63) is 69.4 Å². The van der Waals surface area contributed by atoms with Crippen LogP contribution < -0.4 is 0 Å². The van der Waals surface area contributed by atoms with E-state index in [1.807, 2.05) is 24.3 Å². The number of ether oxygens (including phenoxy) is 1. The van der Waals surface area contributed by atoms with E-state index in [4.69, 9.17) is 4.74 Å². The van der Waals surface area contributed by atoms with E-state index in [-0.39, 0.29) is 11.5 Å². The average Bonchev–Trinajstić information content (AvgIpc) is 2.61. The van der Waals surface area contributed by atoms with Crippen molar-refractivity contribution in [2.24, 2.45) is 0 Å². The number of benzene rings is 2. The van der Waals surface area contributed by atoms with Crippen molar-refractivity contribution in [3.63, 3.8) is 0 Å². The zero-order chi connectivity index (χ0) is 17.1. The Morgan fingerprint density at radius 2 is 1.92 bits per heavy atom. The van der Waals surface area contributed by atoms with Gasteiger partial charge in [-0.3, -0.25) is 4.79 Å². The number of rotatable bonds is 3. The maximum atomic E-state index is 13.6. The lowest BCUT2D eigenvalue weighted by atomic mass is 10.00. The molecule has 1 heterocycles. The molecule has 0 aliphatic carbocycles. The number of esters is 1. The van der Waals surface area contributed by atoms with Crippen LogP contribution in [0, 0.1) is 5.82 Å². The molecule has 0 aromatic heterocycles. The summed E-state index contributed by atoms with van der Waals surface area (Å²) in [6.45, 7) is 0.684. The SMILES string of the molecule is O=C(OCC(=O)N1CCc2ccccc2C1)c1cc(Br)ccc1F. The molecular formula is C18H15BrFNO3. The number of halogens is 2. The number of fused-ring (bicyclic) bond motifs is 1. The molecule has 0 unspecified atom stereocenters. The molecule has 24 heavy (non-hydrogen) atoms. The normalized spacial score (nSPS) is 13.3. The molecule has 6 heteroatoms. The molecule has 0 bridgehead atoms. The van der Waals surface area contributed by atoms with Gasteiger partial charge < -0.3 is 9.64 Å². The molecule has 0 saturated heterocycles. The molecule has 0 atom stereocenters. The number of carbonyl (C=O) groups is 2. The summed E-state index contributed by atoms with van der Waals surface area (Å²) in [6.07, 6.45) is 0.774. The van der Waals surface area contributed by atoms with E-state index in [9.17, 15) is 14.0 Å². The van der Waals surface area contributed by atoms with Gasteiger partial charge in [0.1, 0.15) is 5.82 Å². The molecule has 0 fully saturated rings. The van der Waals surface area contributed by atoms with E-state index in [1.165, 1.54) is 23.8 Å². The first-order valence-electron chi connectivity index (χ1n) is 7.51. The Morgan fingerprint density at radius 1 is 1.17 bits per heavy atom. The monoisotopic (exact) mass is 391 g/mol. The van der Waals surface area contributed by atoms with Gasteiger partial charge in [-0.1, -0.05) is 40.2 Å². The van der Waals surface area contributed by atoms with Gasteiger partial charge in [-0.2, -0.15) is 0 Å². The van der Waals surface area contributed by atoms with Crippen LogP contribution in [0.2, 0.25) is 0 Å². The summed E-state index contributed by atoms with van der Waals surface area (Å²) in [7, 11) is 0. The van der Waals surface area contributed by atoms with E-state index in [2.05, 4.69) is 15.9 Å². The predicted molar refractivity (Wildman–Crippen MR) is 89.9 cm³/mol. The maximum absolute atomic E-state index is 13.6. The Kier molecular flexibility index (Phi) is 4.94. The second-order valence-electron chi connectivity index (χ2n) is 5.53. The lowest BCUT2D eigenvalue weighted by molar-refractivity contribution is -0.135. The fourth-order valence-electron chi connectivity index (χ4n) is 2.66. The number of carbonyl (C=O) groups excluding carboxylic acids is 2. The van der Waals surface area contributed by atoms with E-state index >= 15 is 0 Å². The van der Waals surface area contributed by atoms with Crippen molar-refractivity contribution in [2.45, 2.75) is 13.0 Å². The first-order chi connectivity index (χ1) is 11.5. The van der Waals surface area contributed by atoms with Gasteiger partial charge in [0.05, 0.1) is 5.56 Å². The van der Waals surface area contributed by atoms with E-state index in [0.717, 1.165) is 12.0 Å². The van der Waals surface area contributed by atoms with Crippen LogP contribution in [0.25, 0.3) is 0 Å². The molecule has 0 N–H and O–H groups in total. The van der Waals surface area contributed by atoms with Crippen LogP contribution in [0.5, 0.6) is 0 Å². The summed E-state index contributed by atoms with van der Waals surface area (Å²) in [4.78, 5) is 25.8. The number of hydrogen-bond acceptors (Lipinski definition) is 3. The van der Waals surface area contributed by atoms with Gasteiger partial charge in [-0.25, -0.2) is 9.18 Å². The molecule has 4 nitrogen and oxygen atoms in total. The number of hydrogen-bond donors (Lipinski definition) is 0. The van der Waals surface area contributed by atoms with Crippen molar-refractivity contribution in [1.82, 2.24) is 4.90 Å². The summed E-state index contributed by atoms with van der Waals surface area (Å²) in [5.74, 6) is -1.81. The van der Waals surface area contributed by atoms with E-state index < -0.39 is 18.4 Å². The summed E-state index contributed by atoms with van der Waals surface area (Å²) in [5.41, 5.74) is 2.14. The molecule has 3 rings (SSSR count). The van der Waals surface area contributed by atoms with Gasteiger partial charge in [0, 0.05) is 17.6 Å². The second kappa shape index (κ2) is 7.13. The van der Waals surface area contributed by atoms with E-state index in [1.54, 1.807) is 4.90 Å². The molecule has 0 radical (unpaired) electrons. The highest BCUT2D eigenvalue weighted by Gasteiger charge is 2.22. The summed E-state index contributed by atoms with van der Waals surface area (Å²) in [6, 6.07) is 11.9. The minimum absolute atomic E-state index is 0.193. The summed E-state index contributed by atoms with van der Waals surface area (Å²) in [5, 5.41) is 0. The molecule has 0 saturated carbocycles. The largest absolute Gasteiger partial charge is 0.452 e. The lowest BCUT2D eigenvalue weighted by Gasteiger charge is -2.28. The van der Waals surface area contributed by atoms with Gasteiger partial charge in [-0.05, 0) is 35.7 Å². The van der Waals surface area contributed by atoms with Crippen LogP contribution in [-0.2, 0) is 22.5 Å². The lowest BCUT2D eigenvalue weighted by Crippen LogP contribution is -2.38. The van der Waals surface area contributed by atoms with Crippen LogP contribution in [0.15, 0.2) is 46.9 Å². The van der Waals surface area contributed by atoms with E-state index in [0.29, 0.717) is 17.6 Å². The standard InChI is InChI=1S/C18H15BrFNO3/c19-14-5-6-16(20)15(9-14)18(23)24-11-17(22)21-8-7-12-3-1-2-4-13(12)10-21/h1-6,9H,7-8,10-11H2. The molecular weight excluding hydrogens is 377 g/mol. The Hall–Kier alpha value is -2.21. The Morgan fingerprint density at radius 3 is 2.71 bits per heavy atom. The predicted octanol–water partition coefficient (Wildman–Crippen LogP) is 3.33. The van der Waals surface area contributed by atoms with Crippen LogP contribution in [0.1, 0.15) is 21.5 Å². The van der Waals surface area contributed by atoms with Crippen LogP contribution in [0.3, 0.4) is 0 Å². The van der Waals surface area contributed by atoms with Crippen LogP contribution in [-0.4, -0.2) is 29.9 Å². The zero-order valence-electron chi connectivity index (χ0n) is 12.8. The highest BCUT2D eigenvalue weighted by molar-refractivity contribution is 9.10. The van der Waals surface area contributed by atoms with Gasteiger partial charge in [-0.15, -0.1) is 0 Å². The van der Waals surface area contributed by atoms with Crippen LogP contribution >= 0.6 is 15.9 Å². The van der Waals surface area contributed by atoms with Crippen molar-refractivity contribution in [2.75, 3.05) is 13.2 Å². The fourth-order valence-corrected chi connectivity index (χ4v) is 3.02. The Labute approximate surface area is 147 Å². The average molecular weight is 392 g/mol. The molecule has 1 amide bonds. The molecule has 2 aromatic carbocycles. The molecule has 1 aliphatic heterocycles. The third-order valence-corrected chi connectivity index (χ3v) is 4.45. The highest BCUT2D eigenvalue weighted by atomic mass is 79.9. The van der Waals surface area contributed by atoms with Crippen molar-refractivity contribution in [3.8, 4) is 0 Å². The smallest absolute Gasteiger partial charge is 0.341 e. The molecule has 2 aromatic rings. The third kappa shape index (κ3) is 3.64. The summed E-state index contributed by atoms with van der Waals surface area (Å²) < 4.78 is 19.2. The minimum Gasteiger partial charge on any atom is -0.452 e. The van der Waals surface area contributed by atoms with Gasteiger partial charge in [0.25, 0.3) is 5.91 Å². The number of nitrogens with zero attached hydrogens (tertiary/aromatic N) is 1. The van der Waals surface area contributed by atoms with Gasteiger partial charge in [0.15, 0.2) is 6.61 Å². The Balaban J connectivity index is 1.60. The second-order valence-corrected chi connectivity index (χ2v) is 6.45. The maximum Gasteiger partial charge on any atom is 0.341 e. The number of amides is 1. The van der Waals surface area contributed by atoms with Crippen LogP contribution in [0.4, 0.5) is 4.39 Å². The first-order valence-corrected chi connectivity index (χ1v) is 8.30. The highest BCUT2D eigenvalue weighted by Crippen LogP contribution is 2.19. The van der Waals surface area contributed by atoms with Crippen molar-refractivity contribution in [1.29, 1.82) is 0 Å². The quantitative estimate of drug-likeness (QED) is 0.753. The van der Waals surface area contributed by atoms with Gasteiger partial charge in [0.2, 0.25) is 0 Å². The zero-order valence-corrected chi connectivity index (χ0v) is 14.4. The van der Waals surface area contributed by atoms with Crippen molar-refractivity contribution < 1.29 is 18.7 Å². The topological polar surface area (TPSA) is 46.6 Å². The minimum atomic E-state index is -0.848. The Bertz CT molecular complexity index is 794. The molecule has 124 valence electrons.